The van der Waals surface area contributed by atoms with Crippen molar-refractivity contribution >= 4 is 33.2 Å². The SMILES string of the molecule is CC(C1CC1)N(C)C(=O)c1cccc(S(=O)(=O)N(C)c2cccc(Cl)c2)c1. The number of halogens is 1. The lowest BCUT2D eigenvalue weighted by molar-refractivity contribution is 0.0727. The molecule has 144 valence electrons. The molecule has 1 amide bonds. The van der Waals surface area contributed by atoms with Crippen molar-refractivity contribution in [1.29, 1.82) is 0 Å². The van der Waals surface area contributed by atoms with E-state index in [2.05, 4.69) is 0 Å². The average molecular weight is 407 g/mol. The van der Waals surface area contributed by atoms with Crippen LogP contribution in [0.2, 0.25) is 5.02 Å². The van der Waals surface area contributed by atoms with Gasteiger partial charge in [-0.2, -0.15) is 0 Å². The summed E-state index contributed by atoms with van der Waals surface area (Å²) in [6.45, 7) is 2.03. The van der Waals surface area contributed by atoms with Crippen molar-refractivity contribution in [2.75, 3.05) is 18.4 Å². The highest BCUT2D eigenvalue weighted by Gasteiger charge is 2.33. The van der Waals surface area contributed by atoms with Crippen LogP contribution < -0.4 is 4.31 Å². The molecule has 1 fully saturated rings. The van der Waals surface area contributed by atoms with Gasteiger partial charge in [0, 0.05) is 30.7 Å². The Kier molecular flexibility index (Phi) is 5.49. The maximum absolute atomic E-state index is 13.0. The summed E-state index contributed by atoms with van der Waals surface area (Å²) in [5.74, 6) is 0.372. The molecule has 1 saturated carbocycles. The molecule has 0 radical (unpaired) electrons. The lowest BCUT2D eigenvalue weighted by Gasteiger charge is -2.25. The smallest absolute Gasteiger partial charge is 0.264 e. The molecule has 3 rings (SSSR count). The van der Waals surface area contributed by atoms with Gasteiger partial charge in [-0.15, -0.1) is 0 Å². The van der Waals surface area contributed by atoms with Crippen molar-refractivity contribution in [3.63, 3.8) is 0 Å². The fourth-order valence-corrected chi connectivity index (χ4v) is 4.46. The van der Waals surface area contributed by atoms with Crippen LogP contribution in [0, 0.1) is 5.92 Å². The molecule has 1 aliphatic carbocycles. The molecule has 2 aromatic carbocycles. The summed E-state index contributed by atoms with van der Waals surface area (Å²) >= 11 is 5.98. The molecule has 1 unspecified atom stereocenters. The molecule has 7 heteroatoms. The van der Waals surface area contributed by atoms with E-state index in [4.69, 9.17) is 11.6 Å². The van der Waals surface area contributed by atoms with E-state index in [0.29, 0.717) is 22.2 Å². The first-order valence-corrected chi connectivity index (χ1v) is 10.7. The first kappa shape index (κ1) is 19.7. The largest absolute Gasteiger partial charge is 0.339 e. The molecule has 1 aliphatic rings. The zero-order valence-corrected chi connectivity index (χ0v) is 17.2. The number of rotatable bonds is 6. The normalized spacial score (nSPS) is 15.3. The van der Waals surface area contributed by atoms with Crippen LogP contribution in [0.1, 0.15) is 30.1 Å². The molecule has 0 N–H and O–H groups in total. The molecular weight excluding hydrogens is 384 g/mol. The van der Waals surface area contributed by atoms with Crippen molar-refractivity contribution < 1.29 is 13.2 Å². The fraction of sp³-hybridized carbons (Fsp3) is 0.350. The summed E-state index contributed by atoms with van der Waals surface area (Å²) in [6, 6.07) is 13.0. The number of hydrogen-bond acceptors (Lipinski definition) is 3. The highest BCUT2D eigenvalue weighted by Crippen LogP contribution is 2.35. The van der Waals surface area contributed by atoms with Gasteiger partial charge in [0.1, 0.15) is 0 Å². The highest BCUT2D eigenvalue weighted by molar-refractivity contribution is 7.92. The van der Waals surface area contributed by atoms with Gasteiger partial charge in [0.05, 0.1) is 10.6 Å². The van der Waals surface area contributed by atoms with Gasteiger partial charge in [-0.25, -0.2) is 8.42 Å². The van der Waals surface area contributed by atoms with E-state index in [1.165, 1.54) is 23.5 Å². The van der Waals surface area contributed by atoms with E-state index in [-0.39, 0.29) is 16.8 Å². The third-order valence-corrected chi connectivity index (χ3v) is 7.16. The molecule has 2 aromatic rings. The second-order valence-electron chi connectivity index (χ2n) is 6.97. The first-order chi connectivity index (χ1) is 12.7. The number of amides is 1. The Morgan fingerprint density at radius 2 is 1.78 bits per heavy atom. The Bertz CT molecular complexity index is 957. The van der Waals surface area contributed by atoms with Gasteiger partial charge in [-0.1, -0.05) is 23.7 Å². The number of carbonyl (C=O) groups is 1. The maximum Gasteiger partial charge on any atom is 0.264 e. The monoisotopic (exact) mass is 406 g/mol. The van der Waals surface area contributed by atoms with Gasteiger partial charge in [0.25, 0.3) is 15.9 Å². The molecule has 0 spiro atoms. The van der Waals surface area contributed by atoms with Crippen LogP contribution in [-0.2, 0) is 10.0 Å². The maximum atomic E-state index is 13.0. The fourth-order valence-electron chi connectivity index (χ4n) is 3.04. The van der Waals surface area contributed by atoms with Crippen LogP contribution in [0.25, 0.3) is 0 Å². The van der Waals surface area contributed by atoms with Gasteiger partial charge in [-0.05, 0) is 62.1 Å². The Balaban J connectivity index is 1.88. The number of benzene rings is 2. The van der Waals surface area contributed by atoms with Crippen molar-refractivity contribution in [2.45, 2.75) is 30.7 Å². The van der Waals surface area contributed by atoms with Crippen LogP contribution in [0.4, 0.5) is 5.69 Å². The summed E-state index contributed by atoms with van der Waals surface area (Å²) < 4.78 is 27.2. The lowest BCUT2D eigenvalue weighted by atomic mass is 10.1. The molecule has 0 aliphatic heterocycles. The Morgan fingerprint density at radius 1 is 1.11 bits per heavy atom. The summed E-state index contributed by atoms with van der Waals surface area (Å²) in [5.41, 5.74) is 0.823. The van der Waals surface area contributed by atoms with Gasteiger partial charge in [-0.3, -0.25) is 9.10 Å². The van der Waals surface area contributed by atoms with E-state index in [1.54, 1.807) is 48.3 Å². The van der Waals surface area contributed by atoms with E-state index in [0.717, 1.165) is 12.8 Å². The van der Waals surface area contributed by atoms with Gasteiger partial charge >= 0.3 is 0 Å². The highest BCUT2D eigenvalue weighted by atomic mass is 35.5. The van der Waals surface area contributed by atoms with Gasteiger partial charge in [0.15, 0.2) is 0 Å². The van der Waals surface area contributed by atoms with E-state index < -0.39 is 10.0 Å². The van der Waals surface area contributed by atoms with Crippen molar-refractivity contribution in [2.24, 2.45) is 5.92 Å². The summed E-state index contributed by atoms with van der Waals surface area (Å²) in [7, 11) is -0.573. The first-order valence-electron chi connectivity index (χ1n) is 8.83. The van der Waals surface area contributed by atoms with Crippen molar-refractivity contribution in [3.8, 4) is 0 Å². The summed E-state index contributed by atoms with van der Waals surface area (Å²) in [5, 5.41) is 0.453. The number of nitrogens with zero attached hydrogens (tertiary/aromatic N) is 2. The van der Waals surface area contributed by atoms with Crippen LogP contribution >= 0.6 is 11.6 Å². The van der Waals surface area contributed by atoms with Crippen molar-refractivity contribution in [1.82, 2.24) is 4.90 Å². The average Bonchev–Trinajstić information content (AvgIpc) is 3.51. The Labute approximate surface area is 165 Å². The third-order valence-electron chi connectivity index (χ3n) is 5.15. The quantitative estimate of drug-likeness (QED) is 0.727. The Hall–Kier alpha value is -2.05. The second kappa shape index (κ2) is 7.52. The Morgan fingerprint density at radius 3 is 2.41 bits per heavy atom. The molecule has 0 aromatic heterocycles. The van der Waals surface area contributed by atoms with Crippen LogP contribution in [0.5, 0.6) is 0 Å². The van der Waals surface area contributed by atoms with Crippen LogP contribution in [0.3, 0.4) is 0 Å². The molecular formula is C20H23ClN2O3S. The molecule has 27 heavy (non-hydrogen) atoms. The number of hydrogen-bond donors (Lipinski definition) is 0. The van der Waals surface area contributed by atoms with Crippen LogP contribution in [0.15, 0.2) is 53.4 Å². The standard InChI is InChI=1S/C20H23ClN2O3S/c1-14(15-10-11-15)22(2)20(24)16-6-4-9-19(12-16)27(25,26)23(3)18-8-5-7-17(21)13-18/h4-9,12-15H,10-11H2,1-3H3. The predicted octanol–water partition coefficient (Wildman–Crippen LogP) is 4.04. The number of carbonyl (C=O) groups excluding carboxylic acids is 1. The zero-order chi connectivity index (χ0) is 19.8. The lowest BCUT2D eigenvalue weighted by Crippen LogP contribution is -2.36. The molecule has 0 heterocycles. The van der Waals surface area contributed by atoms with E-state index in [9.17, 15) is 13.2 Å². The topological polar surface area (TPSA) is 57.7 Å². The second-order valence-corrected chi connectivity index (χ2v) is 9.38. The summed E-state index contributed by atoms with van der Waals surface area (Å²) in [4.78, 5) is 14.6. The predicted molar refractivity (Wildman–Crippen MR) is 108 cm³/mol. The van der Waals surface area contributed by atoms with Crippen molar-refractivity contribution in [3.05, 3.63) is 59.1 Å². The minimum atomic E-state index is -3.81. The van der Waals surface area contributed by atoms with E-state index in [1.807, 2.05) is 6.92 Å². The molecule has 5 nitrogen and oxygen atoms in total. The minimum absolute atomic E-state index is 0.0725. The molecule has 0 saturated heterocycles. The summed E-state index contributed by atoms with van der Waals surface area (Å²) in [6.07, 6.45) is 2.27. The van der Waals surface area contributed by atoms with E-state index >= 15 is 0 Å². The van der Waals surface area contributed by atoms with Gasteiger partial charge < -0.3 is 4.90 Å². The minimum Gasteiger partial charge on any atom is -0.339 e. The third kappa shape index (κ3) is 4.12. The van der Waals surface area contributed by atoms with Crippen LogP contribution in [-0.4, -0.2) is 39.4 Å². The number of sulfonamides is 1. The number of anilines is 1. The molecule has 1 atom stereocenters. The zero-order valence-electron chi connectivity index (χ0n) is 15.6. The molecule has 0 bridgehead atoms. The van der Waals surface area contributed by atoms with Gasteiger partial charge in [0.2, 0.25) is 0 Å².